The molecule has 1 aromatic rings. The number of hydrogen-bond acceptors (Lipinski definition) is 5. The maximum Gasteiger partial charge on any atom is 0.242 e. The van der Waals surface area contributed by atoms with Gasteiger partial charge in [0, 0.05) is 32.4 Å². The van der Waals surface area contributed by atoms with E-state index in [1.165, 1.54) is 16.8 Å². The van der Waals surface area contributed by atoms with Crippen LogP contribution in [-0.2, 0) is 14.8 Å². The van der Waals surface area contributed by atoms with Crippen LogP contribution in [0.25, 0.3) is 0 Å². The van der Waals surface area contributed by atoms with Gasteiger partial charge in [0.2, 0.25) is 15.9 Å². The number of sulfonamides is 1. The molecule has 1 atom stereocenters. The lowest BCUT2D eigenvalue weighted by molar-refractivity contribution is -0.121. The van der Waals surface area contributed by atoms with Crippen molar-refractivity contribution in [3.8, 4) is 0 Å². The van der Waals surface area contributed by atoms with Crippen LogP contribution < -0.4 is 5.32 Å². The van der Waals surface area contributed by atoms with Crippen molar-refractivity contribution >= 4 is 33.3 Å². The molecule has 7 nitrogen and oxygen atoms in total. The molecule has 1 aliphatic heterocycles. The van der Waals surface area contributed by atoms with E-state index in [9.17, 15) is 13.2 Å². The van der Waals surface area contributed by atoms with Gasteiger partial charge < -0.3 is 5.32 Å². The lowest BCUT2D eigenvalue weighted by Gasteiger charge is -2.36. The first-order valence-electron chi connectivity index (χ1n) is 6.89. The number of nitrogens with zero attached hydrogens (tertiary/aromatic N) is 3. The van der Waals surface area contributed by atoms with Crippen LogP contribution in [0.1, 0.15) is 6.92 Å². The molecule has 1 aliphatic rings. The molecule has 9 heteroatoms. The molecule has 1 saturated heterocycles. The Morgan fingerprint density at radius 2 is 1.95 bits per heavy atom. The number of pyridine rings is 1. The van der Waals surface area contributed by atoms with Gasteiger partial charge in [0.15, 0.2) is 0 Å². The molecule has 0 radical (unpaired) electrons. The number of carbonyl (C=O) groups is 1. The summed E-state index contributed by atoms with van der Waals surface area (Å²) >= 11 is 5.75. The molecule has 22 heavy (non-hydrogen) atoms. The Labute approximate surface area is 135 Å². The van der Waals surface area contributed by atoms with E-state index in [1.807, 2.05) is 4.90 Å². The molecule has 1 aromatic heterocycles. The van der Waals surface area contributed by atoms with Crippen LogP contribution in [0.2, 0.25) is 5.02 Å². The van der Waals surface area contributed by atoms with Crippen molar-refractivity contribution in [3.63, 3.8) is 0 Å². The van der Waals surface area contributed by atoms with E-state index < -0.39 is 10.0 Å². The van der Waals surface area contributed by atoms with Gasteiger partial charge >= 0.3 is 0 Å². The first-order valence-corrected chi connectivity index (χ1v) is 9.11. The number of hydrogen-bond donors (Lipinski definition) is 1. The van der Waals surface area contributed by atoms with Crippen molar-refractivity contribution in [3.05, 3.63) is 23.4 Å². The molecule has 2 heterocycles. The monoisotopic (exact) mass is 346 g/mol. The molecule has 0 spiro atoms. The van der Waals surface area contributed by atoms with E-state index in [0.717, 1.165) is 0 Å². The zero-order valence-electron chi connectivity index (χ0n) is 12.5. The van der Waals surface area contributed by atoms with Crippen molar-refractivity contribution < 1.29 is 13.2 Å². The fraction of sp³-hybridized carbons (Fsp3) is 0.538. The van der Waals surface area contributed by atoms with Crippen molar-refractivity contribution in [2.45, 2.75) is 13.0 Å². The summed E-state index contributed by atoms with van der Waals surface area (Å²) in [5, 5.41) is 3.23. The third-order valence-corrected chi connectivity index (χ3v) is 5.17. The first-order chi connectivity index (χ1) is 10.3. The third-order valence-electron chi connectivity index (χ3n) is 3.65. The van der Waals surface area contributed by atoms with Gasteiger partial charge in [-0.2, -0.15) is 4.31 Å². The van der Waals surface area contributed by atoms with Crippen molar-refractivity contribution in [1.82, 2.24) is 14.2 Å². The number of piperazine rings is 1. The summed E-state index contributed by atoms with van der Waals surface area (Å²) in [6.07, 6.45) is 2.66. The molecular weight excluding hydrogens is 328 g/mol. The number of rotatable bonds is 4. The Balaban J connectivity index is 1.90. The fourth-order valence-corrected chi connectivity index (χ4v) is 3.21. The van der Waals surface area contributed by atoms with Crippen molar-refractivity contribution in [1.29, 1.82) is 0 Å². The topological polar surface area (TPSA) is 82.6 Å². The normalized spacial score (nSPS) is 18.9. The smallest absolute Gasteiger partial charge is 0.242 e. The Morgan fingerprint density at radius 1 is 1.32 bits per heavy atom. The molecular formula is C13H19ClN4O3S. The van der Waals surface area contributed by atoms with E-state index in [1.54, 1.807) is 19.1 Å². The first kappa shape index (κ1) is 17.1. The molecule has 0 bridgehead atoms. The molecule has 0 aliphatic carbocycles. The van der Waals surface area contributed by atoms with E-state index in [0.29, 0.717) is 37.0 Å². The van der Waals surface area contributed by atoms with Gasteiger partial charge in [0.25, 0.3) is 0 Å². The third kappa shape index (κ3) is 4.39. The molecule has 0 aromatic carbocycles. The standard InChI is InChI=1S/C13H19ClN4O3S/c1-10(13(19)16-12-4-3-11(14)9-15-12)17-5-7-18(8-6-17)22(2,20)21/h3-4,9-10H,5-8H2,1-2H3,(H,15,16,19)/t10-/m1/s1. The van der Waals surface area contributed by atoms with Gasteiger partial charge in [-0.15, -0.1) is 0 Å². The number of amides is 1. The Bertz CT molecular complexity index is 627. The Hall–Kier alpha value is -1.22. The highest BCUT2D eigenvalue weighted by Crippen LogP contribution is 2.13. The van der Waals surface area contributed by atoms with Crippen molar-refractivity contribution in [2.75, 3.05) is 37.8 Å². The van der Waals surface area contributed by atoms with Gasteiger partial charge in [-0.25, -0.2) is 13.4 Å². The minimum absolute atomic E-state index is 0.178. The van der Waals surface area contributed by atoms with Crippen LogP contribution in [0.3, 0.4) is 0 Å². The van der Waals surface area contributed by atoms with Crippen LogP contribution in [0.4, 0.5) is 5.82 Å². The van der Waals surface area contributed by atoms with Crippen LogP contribution in [0, 0.1) is 0 Å². The molecule has 1 fully saturated rings. The van der Waals surface area contributed by atoms with Gasteiger partial charge in [0.05, 0.1) is 17.3 Å². The number of aromatic nitrogens is 1. The van der Waals surface area contributed by atoms with Gasteiger partial charge in [-0.3, -0.25) is 9.69 Å². The highest BCUT2D eigenvalue weighted by Gasteiger charge is 2.28. The summed E-state index contributed by atoms with van der Waals surface area (Å²) in [5.74, 6) is 0.263. The lowest BCUT2D eigenvalue weighted by Crippen LogP contribution is -2.53. The maximum atomic E-state index is 12.2. The maximum absolute atomic E-state index is 12.2. The van der Waals surface area contributed by atoms with Crippen LogP contribution in [0.15, 0.2) is 18.3 Å². The predicted octanol–water partition coefficient (Wildman–Crippen LogP) is 0.639. The van der Waals surface area contributed by atoms with E-state index >= 15 is 0 Å². The molecule has 2 rings (SSSR count). The van der Waals surface area contributed by atoms with Gasteiger partial charge in [-0.05, 0) is 19.1 Å². The van der Waals surface area contributed by atoms with E-state index in [4.69, 9.17) is 11.6 Å². The lowest BCUT2D eigenvalue weighted by atomic mass is 10.2. The minimum Gasteiger partial charge on any atom is -0.309 e. The SMILES string of the molecule is C[C@H](C(=O)Nc1ccc(Cl)cn1)N1CCN(S(C)(=O)=O)CC1. The summed E-state index contributed by atoms with van der Waals surface area (Å²) in [6, 6.07) is 2.92. The highest BCUT2D eigenvalue weighted by atomic mass is 35.5. The fourth-order valence-electron chi connectivity index (χ4n) is 2.27. The van der Waals surface area contributed by atoms with Crippen molar-refractivity contribution in [2.24, 2.45) is 0 Å². The van der Waals surface area contributed by atoms with Crippen LogP contribution in [-0.4, -0.2) is 67.0 Å². The second kappa shape index (κ2) is 6.91. The summed E-state index contributed by atoms with van der Waals surface area (Å²) in [7, 11) is -3.16. The predicted molar refractivity (Wildman–Crippen MR) is 85.3 cm³/mol. The zero-order valence-corrected chi connectivity index (χ0v) is 14.1. The average Bonchev–Trinajstić information content (AvgIpc) is 2.48. The minimum atomic E-state index is -3.16. The number of anilines is 1. The second-order valence-corrected chi connectivity index (χ2v) is 7.64. The molecule has 0 saturated carbocycles. The van der Waals surface area contributed by atoms with Crippen LogP contribution in [0.5, 0.6) is 0 Å². The number of nitrogens with one attached hydrogen (secondary N) is 1. The second-order valence-electron chi connectivity index (χ2n) is 5.22. The Morgan fingerprint density at radius 3 is 2.45 bits per heavy atom. The largest absolute Gasteiger partial charge is 0.309 e. The summed E-state index contributed by atoms with van der Waals surface area (Å²) in [6.45, 7) is 3.64. The molecule has 122 valence electrons. The quantitative estimate of drug-likeness (QED) is 0.865. The van der Waals surface area contributed by atoms with Gasteiger partial charge in [0.1, 0.15) is 5.82 Å². The number of halogens is 1. The zero-order chi connectivity index (χ0) is 16.3. The van der Waals surface area contributed by atoms with E-state index in [2.05, 4.69) is 10.3 Å². The van der Waals surface area contributed by atoms with Gasteiger partial charge in [-0.1, -0.05) is 11.6 Å². The van der Waals surface area contributed by atoms with Crippen LogP contribution >= 0.6 is 11.6 Å². The summed E-state index contributed by atoms with van der Waals surface area (Å²) in [5.41, 5.74) is 0. The molecule has 0 unspecified atom stereocenters. The summed E-state index contributed by atoms with van der Waals surface area (Å²) in [4.78, 5) is 18.2. The Kier molecular flexibility index (Phi) is 5.38. The average molecular weight is 347 g/mol. The molecule has 1 amide bonds. The number of carbonyl (C=O) groups excluding carboxylic acids is 1. The summed E-state index contributed by atoms with van der Waals surface area (Å²) < 4.78 is 24.4. The molecule has 1 N–H and O–H groups in total. The highest BCUT2D eigenvalue weighted by molar-refractivity contribution is 7.88. The van der Waals surface area contributed by atoms with E-state index in [-0.39, 0.29) is 11.9 Å².